The van der Waals surface area contributed by atoms with Crippen molar-refractivity contribution in [1.82, 2.24) is 4.90 Å². The number of hydrogen-bond donors (Lipinski definition) is 0. The molecule has 0 radical (unpaired) electrons. The first-order valence-corrected chi connectivity index (χ1v) is 7.10. The summed E-state index contributed by atoms with van der Waals surface area (Å²) in [4.78, 5) is 2.38. The van der Waals surface area contributed by atoms with Gasteiger partial charge in [0.1, 0.15) is 11.5 Å². The van der Waals surface area contributed by atoms with E-state index < -0.39 is 0 Å². The van der Waals surface area contributed by atoms with Crippen molar-refractivity contribution in [2.45, 2.75) is 6.42 Å². The van der Waals surface area contributed by atoms with Crippen LogP contribution in [0.1, 0.15) is 17.5 Å². The SMILES string of the molecule is CN1CCC2=C(C1)c1ccccc1Oc1ccccc12. The van der Waals surface area contributed by atoms with Crippen molar-refractivity contribution in [2.75, 3.05) is 20.1 Å². The molecule has 100 valence electrons. The Hall–Kier alpha value is -2.06. The van der Waals surface area contributed by atoms with Crippen LogP contribution in [0, 0.1) is 0 Å². The summed E-state index contributed by atoms with van der Waals surface area (Å²) in [5.74, 6) is 1.95. The Morgan fingerprint density at radius 2 is 1.45 bits per heavy atom. The average Bonchev–Trinajstić information content (AvgIpc) is 2.61. The van der Waals surface area contributed by atoms with Crippen molar-refractivity contribution < 1.29 is 4.74 Å². The van der Waals surface area contributed by atoms with Gasteiger partial charge >= 0.3 is 0 Å². The van der Waals surface area contributed by atoms with Gasteiger partial charge in [0, 0.05) is 24.2 Å². The molecule has 0 aliphatic carbocycles. The van der Waals surface area contributed by atoms with Crippen molar-refractivity contribution in [1.29, 1.82) is 0 Å². The molecule has 4 rings (SSSR count). The number of benzene rings is 2. The van der Waals surface area contributed by atoms with Crippen LogP contribution in [0.4, 0.5) is 0 Å². The molecule has 2 aromatic rings. The van der Waals surface area contributed by atoms with E-state index in [1.165, 1.54) is 22.3 Å². The summed E-state index contributed by atoms with van der Waals surface area (Å²) in [7, 11) is 2.18. The third kappa shape index (κ3) is 1.76. The van der Waals surface area contributed by atoms with Gasteiger partial charge in [-0.15, -0.1) is 0 Å². The van der Waals surface area contributed by atoms with Gasteiger partial charge in [-0.25, -0.2) is 0 Å². The fourth-order valence-corrected chi connectivity index (χ4v) is 3.17. The van der Waals surface area contributed by atoms with Crippen LogP contribution in [0.5, 0.6) is 11.5 Å². The van der Waals surface area contributed by atoms with Gasteiger partial charge in [-0.1, -0.05) is 36.4 Å². The van der Waals surface area contributed by atoms with E-state index in [2.05, 4.69) is 48.3 Å². The molecule has 2 nitrogen and oxygen atoms in total. The van der Waals surface area contributed by atoms with Crippen LogP contribution >= 0.6 is 0 Å². The molecule has 0 aromatic heterocycles. The normalized spacial score (nSPS) is 17.6. The number of para-hydroxylation sites is 2. The Bertz CT molecular complexity index is 702. The van der Waals surface area contributed by atoms with Crippen molar-refractivity contribution in [2.24, 2.45) is 0 Å². The fraction of sp³-hybridized carbons (Fsp3) is 0.222. The minimum Gasteiger partial charge on any atom is -0.456 e. The lowest BCUT2D eigenvalue weighted by Gasteiger charge is -2.27. The molecule has 0 bridgehead atoms. The molecule has 0 amide bonds. The molecule has 2 aliphatic rings. The van der Waals surface area contributed by atoms with Crippen molar-refractivity contribution in [3.05, 3.63) is 59.7 Å². The lowest BCUT2D eigenvalue weighted by molar-refractivity contribution is 0.376. The van der Waals surface area contributed by atoms with Crippen LogP contribution in [0.15, 0.2) is 48.5 Å². The zero-order valence-corrected chi connectivity index (χ0v) is 11.6. The molecule has 0 unspecified atom stereocenters. The van der Waals surface area contributed by atoms with Gasteiger partial charge in [-0.05, 0) is 36.7 Å². The summed E-state index contributed by atoms with van der Waals surface area (Å²) in [6, 6.07) is 16.8. The minimum absolute atomic E-state index is 0.972. The molecule has 20 heavy (non-hydrogen) atoms. The van der Waals surface area contributed by atoms with Gasteiger partial charge in [0.05, 0.1) is 0 Å². The van der Waals surface area contributed by atoms with Crippen LogP contribution in [0.2, 0.25) is 0 Å². The van der Waals surface area contributed by atoms with Gasteiger partial charge in [0.2, 0.25) is 0 Å². The van der Waals surface area contributed by atoms with E-state index in [-0.39, 0.29) is 0 Å². The lowest BCUT2D eigenvalue weighted by atomic mass is 9.89. The highest BCUT2D eigenvalue weighted by Crippen LogP contribution is 2.44. The zero-order valence-electron chi connectivity index (χ0n) is 11.6. The van der Waals surface area contributed by atoms with E-state index in [1.54, 1.807) is 0 Å². The molecule has 2 heteroatoms. The summed E-state index contributed by atoms with van der Waals surface area (Å²) < 4.78 is 6.17. The van der Waals surface area contributed by atoms with Crippen LogP contribution < -0.4 is 4.74 Å². The maximum atomic E-state index is 6.17. The quantitative estimate of drug-likeness (QED) is 0.711. The summed E-state index contributed by atoms with van der Waals surface area (Å²) in [6.45, 7) is 2.10. The Morgan fingerprint density at radius 1 is 0.850 bits per heavy atom. The van der Waals surface area contributed by atoms with E-state index in [0.717, 1.165) is 31.0 Å². The van der Waals surface area contributed by atoms with Gasteiger partial charge in [0.25, 0.3) is 0 Å². The van der Waals surface area contributed by atoms with E-state index in [1.807, 2.05) is 12.1 Å². The number of hydrogen-bond acceptors (Lipinski definition) is 2. The first kappa shape index (κ1) is 11.7. The lowest BCUT2D eigenvalue weighted by Crippen LogP contribution is -2.26. The first-order chi connectivity index (χ1) is 9.83. The summed E-state index contributed by atoms with van der Waals surface area (Å²) in [5.41, 5.74) is 5.36. The average molecular weight is 263 g/mol. The van der Waals surface area contributed by atoms with Gasteiger partial charge in [-0.3, -0.25) is 0 Å². The van der Waals surface area contributed by atoms with E-state index >= 15 is 0 Å². The van der Waals surface area contributed by atoms with E-state index in [0.29, 0.717) is 0 Å². The maximum Gasteiger partial charge on any atom is 0.135 e. The van der Waals surface area contributed by atoms with Crippen LogP contribution in [-0.2, 0) is 0 Å². The monoisotopic (exact) mass is 263 g/mol. The second-order valence-corrected chi connectivity index (χ2v) is 5.54. The number of likely N-dealkylation sites (N-methyl/N-ethyl adjacent to an activating group) is 1. The Labute approximate surface area is 119 Å². The van der Waals surface area contributed by atoms with Crippen molar-refractivity contribution in [3.63, 3.8) is 0 Å². The molecule has 2 heterocycles. The van der Waals surface area contributed by atoms with Crippen molar-refractivity contribution >= 4 is 11.1 Å². The van der Waals surface area contributed by atoms with Crippen LogP contribution in [0.25, 0.3) is 11.1 Å². The fourth-order valence-electron chi connectivity index (χ4n) is 3.17. The first-order valence-electron chi connectivity index (χ1n) is 7.10. The van der Waals surface area contributed by atoms with Crippen molar-refractivity contribution in [3.8, 4) is 11.5 Å². The number of nitrogens with zero attached hydrogens (tertiary/aromatic N) is 1. The predicted molar refractivity (Wildman–Crippen MR) is 81.9 cm³/mol. The second kappa shape index (κ2) is 4.50. The largest absolute Gasteiger partial charge is 0.456 e. The van der Waals surface area contributed by atoms with Gasteiger partial charge in [0.15, 0.2) is 0 Å². The number of rotatable bonds is 0. The summed E-state index contributed by atoms with van der Waals surface area (Å²) in [6.07, 6.45) is 1.08. The molecule has 2 aromatic carbocycles. The third-order valence-electron chi connectivity index (χ3n) is 4.18. The summed E-state index contributed by atoms with van der Waals surface area (Å²) in [5, 5.41) is 0. The molecule has 2 aliphatic heterocycles. The number of ether oxygens (including phenoxy) is 1. The van der Waals surface area contributed by atoms with Crippen LogP contribution in [0.3, 0.4) is 0 Å². The molecule has 0 N–H and O–H groups in total. The zero-order chi connectivity index (χ0) is 13.5. The molecular weight excluding hydrogens is 246 g/mol. The third-order valence-corrected chi connectivity index (χ3v) is 4.18. The topological polar surface area (TPSA) is 12.5 Å². The molecule has 0 atom stereocenters. The Kier molecular flexibility index (Phi) is 2.64. The van der Waals surface area contributed by atoms with Gasteiger partial charge < -0.3 is 9.64 Å². The van der Waals surface area contributed by atoms with Gasteiger partial charge in [-0.2, -0.15) is 0 Å². The minimum atomic E-state index is 0.972. The Balaban J connectivity index is 2.01. The molecule has 0 saturated heterocycles. The van der Waals surface area contributed by atoms with E-state index in [4.69, 9.17) is 4.74 Å². The van der Waals surface area contributed by atoms with E-state index in [9.17, 15) is 0 Å². The molecular formula is C18H17NO. The smallest absolute Gasteiger partial charge is 0.135 e. The summed E-state index contributed by atoms with van der Waals surface area (Å²) >= 11 is 0. The highest BCUT2D eigenvalue weighted by atomic mass is 16.5. The van der Waals surface area contributed by atoms with Crippen LogP contribution in [-0.4, -0.2) is 25.0 Å². The second-order valence-electron chi connectivity index (χ2n) is 5.54. The Morgan fingerprint density at radius 3 is 2.15 bits per heavy atom. The number of fused-ring (bicyclic) bond motifs is 4. The molecule has 0 saturated carbocycles. The molecule has 0 spiro atoms. The maximum absolute atomic E-state index is 6.17. The highest BCUT2D eigenvalue weighted by molar-refractivity contribution is 5.96. The predicted octanol–water partition coefficient (Wildman–Crippen LogP) is 4.04. The highest BCUT2D eigenvalue weighted by Gasteiger charge is 2.26. The standard InChI is InChI=1S/C18H17NO/c1-19-11-10-13-14-6-2-4-8-17(14)20-18-9-5-3-7-15(18)16(13)12-19/h2-9H,10-12H2,1H3. The molecule has 0 fully saturated rings.